The number of anilines is 1. The molecule has 0 amide bonds. The van der Waals surface area contributed by atoms with Gasteiger partial charge in [-0.2, -0.15) is 0 Å². The van der Waals surface area contributed by atoms with Crippen molar-refractivity contribution in [2.45, 2.75) is 35.1 Å². The first kappa shape index (κ1) is 15.3. The Hall–Kier alpha value is -1.12. The molecule has 112 valence electrons. The van der Waals surface area contributed by atoms with Gasteiger partial charge in [-0.05, 0) is 31.0 Å². The smallest absolute Gasteiger partial charge is 0.242 e. The van der Waals surface area contributed by atoms with Crippen LogP contribution in [0.1, 0.15) is 19.3 Å². The number of sulfone groups is 1. The van der Waals surface area contributed by atoms with E-state index in [0.717, 1.165) is 25.5 Å². The summed E-state index contributed by atoms with van der Waals surface area (Å²) in [6.07, 6.45) is 3.70. The summed E-state index contributed by atoms with van der Waals surface area (Å²) in [6, 6.07) is 4.00. The fourth-order valence-electron chi connectivity index (χ4n) is 1.97. The van der Waals surface area contributed by atoms with Gasteiger partial charge >= 0.3 is 0 Å². The van der Waals surface area contributed by atoms with Gasteiger partial charge in [-0.1, -0.05) is 6.42 Å². The Morgan fingerprint density at radius 3 is 2.25 bits per heavy atom. The summed E-state index contributed by atoms with van der Waals surface area (Å²) in [4.78, 5) is -0.0414. The van der Waals surface area contributed by atoms with E-state index in [9.17, 15) is 16.8 Å². The van der Waals surface area contributed by atoms with Gasteiger partial charge in [0.25, 0.3) is 0 Å². The van der Waals surface area contributed by atoms with Gasteiger partial charge in [0, 0.05) is 19.3 Å². The van der Waals surface area contributed by atoms with Crippen LogP contribution in [0.4, 0.5) is 5.69 Å². The summed E-state index contributed by atoms with van der Waals surface area (Å²) in [5, 5.41) is 2.78. The molecule has 0 unspecified atom stereocenters. The van der Waals surface area contributed by atoms with Crippen molar-refractivity contribution in [3.05, 3.63) is 18.2 Å². The molecule has 0 atom stereocenters. The molecule has 1 aliphatic rings. The maximum atomic E-state index is 12.3. The van der Waals surface area contributed by atoms with E-state index >= 15 is 0 Å². The van der Waals surface area contributed by atoms with E-state index in [1.807, 2.05) is 0 Å². The highest BCUT2D eigenvalue weighted by Crippen LogP contribution is 2.27. The maximum absolute atomic E-state index is 12.3. The summed E-state index contributed by atoms with van der Waals surface area (Å²) in [7, 11) is -5.58. The van der Waals surface area contributed by atoms with Gasteiger partial charge in [0.05, 0.1) is 10.6 Å². The Labute approximate surface area is 119 Å². The average Bonchev–Trinajstić information content (AvgIpc) is 2.32. The quantitative estimate of drug-likeness (QED) is 0.844. The zero-order valence-corrected chi connectivity index (χ0v) is 13.0. The highest BCUT2D eigenvalue weighted by atomic mass is 32.2. The Balaban J connectivity index is 2.47. The SMILES string of the molecule is CNc1ccc(S(C)(=O)=O)cc1S(=O)(=O)NC1CCC1. The number of nitrogens with one attached hydrogen (secondary N) is 2. The normalized spacial score (nSPS) is 16.7. The molecular formula is C12H18N2O4S2. The second kappa shape index (κ2) is 5.34. The lowest BCUT2D eigenvalue weighted by Crippen LogP contribution is -2.39. The molecule has 0 saturated heterocycles. The molecule has 0 spiro atoms. The molecule has 0 heterocycles. The molecular weight excluding hydrogens is 300 g/mol. The fourth-order valence-corrected chi connectivity index (χ4v) is 4.24. The van der Waals surface area contributed by atoms with Crippen molar-refractivity contribution in [1.29, 1.82) is 0 Å². The zero-order chi connectivity index (χ0) is 15.0. The van der Waals surface area contributed by atoms with Crippen LogP contribution >= 0.6 is 0 Å². The topological polar surface area (TPSA) is 92.3 Å². The lowest BCUT2D eigenvalue weighted by atomic mass is 9.94. The molecule has 2 N–H and O–H groups in total. The van der Waals surface area contributed by atoms with E-state index < -0.39 is 19.9 Å². The van der Waals surface area contributed by atoms with Crippen molar-refractivity contribution in [2.24, 2.45) is 0 Å². The second-order valence-electron chi connectivity index (χ2n) is 4.93. The Bertz CT molecular complexity index is 707. The molecule has 1 saturated carbocycles. The summed E-state index contributed by atoms with van der Waals surface area (Å²) >= 11 is 0. The molecule has 0 aliphatic heterocycles. The first-order valence-electron chi connectivity index (χ1n) is 6.28. The number of sulfonamides is 1. The van der Waals surface area contributed by atoms with Crippen LogP contribution in [0.25, 0.3) is 0 Å². The maximum Gasteiger partial charge on any atom is 0.242 e. The predicted molar refractivity (Wildman–Crippen MR) is 77.1 cm³/mol. The molecule has 8 heteroatoms. The van der Waals surface area contributed by atoms with E-state index in [4.69, 9.17) is 0 Å². The van der Waals surface area contributed by atoms with Crippen LogP contribution < -0.4 is 10.0 Å². The van der Waals surface area contributed by atoms with Gasteiger partial charge in [-0.15, -0.1) is 0 Å². The second-order valence-corrected chi connectivity index (χ2v) is 8.63. The number of hydrogen-bond acceptors (Lipinski definition) is 5. The van der Waals surface area contributed by atoms with Crippen molar-refractivity contribution in [1.82, 2.24) is 4.72 Å². The third-order valence-corrected chi connectivity index (χ3v) is 6.04. The fraction of sp³-hybridized carbons (Fsp3) is 0.500. The van der Waals surface area contributed by atoms with E-state index in [0.29, 0.717) is 5.69 Å². The molecule has 20 heavy (non-hydrogen) atoms. The van der Waals surface area contributed by atoms with Crippen LogP contribution in [0.15, 0.2) is 28.0 Å². The monoisotopic (exact) mass is 318 g/mol. The molecule has 1 fully saturated rings. The highest BCUT2D eigenvalue weighted by molar-refractivity contribution is 7.91. The average molecular weight is 318 g/mol. The number of rotatable bonds is 5. The van der Waals surface area contributed by atoms with Crippen molar-refractivity contribution >= 4 is 25.5 Å². The molecule has 1 aromatic rings. The van der Waals surface area contributed by atoms with E-state index in [2.05, 4.69) is 10.0 Å². The third kappa shape index (κ3) is 3.13. The van der Waals surface area contributed by atoms with Crippen LogP contribution in [-0.4, -0.2) is 36.2 Å². The van der Waals surface area contributed by atoms with Gasteiger partial charge in [-0.3, -0.25) is 0 Å². The van der Waals surface area contributed by atoms with Crippen molar-refractivity contribution in [3.63, 3.8) is 0 Å². The predicted octanol–water partition coefficient (Wildman–Crippen LogP) is 0.963. The minimum atomic E-state index is -3.72. The molecule has 1 aromatic carbocycles. The van der Waals surface area contributed by atoms with Gasteiger partial charge in [0.1, 0.15) is 4.90 Å². The Kier molecular flexibility index (Phi) is 4.08. The summed E-state index contributed by atoms with van der Waals surface area (Å²) in [6.45, 7) is 0. The van der Waals surface area contributed by atoms with Crippen LogP contribution in [0.3, 0.4) is 0 Å². The van der Waals surface area contributed by atoms with E-state index in [1.165, 1.54) is 18.2 Å². The van der Waals surface area contributed by atoms with Gasteiger partial charge in [0.15, 0.2) is 9.84 Å². The standard InChI is InChI=1S/C12H18N2O4S2/c1-13-11-7-6-10(19(2,15)16)8-12(11)20(17,18)14-9-4-3-5-9/h6-9,13-14H,3-5H2,1-2H3. The van der Waals surface area contributed by atoms with Crippen molar-refractivity contribution in [2.75, 3.05) is 18.6 Å². The first-order chi connectivity index (χ1) is 9.24. The van der Waals surface area contributed by atoms with E-state index in [-0.39, 0.29) is 15.8 Å². The molecule has 0 radical (unpaired) electrons. The largest absolute Gasteiger partial charge is 0.387 e. The first-order valence-corrected chi connectivity index (χ1v) is 9.66. The molecule has 0 bridgehead atoms. The summed E-state index contributed by atoms with van der Waals surface area (Å²) in [5.74, 6) is 0. The van der Waals surface area contributed by atoms with E-state index in [1.54, 1.807) is 7.05 Å². The lowest BCUT2D eigenvalue weighted by molar-refractivity contribution is 0.383. The third-order valence-electron chi connectivity index (χ3n) is 3.37. The van der Waals surface area contributed by atoms with Crippen LogP contribution in [0.2, 0.25) is 0 Å². The molecule has 1 aliphatic carbocycles. The summed E-state index contributed by atoms with van der Waals surface area (Å²) < 4.78 is 50.4. The number of hydrogen-bond donors (Lipinski definition) is 2. The van der Waals surface area contributed by atoms with Crippen molar-refractivity contribution < 1.29 is 16.8 Å². The van der Waals surface area contributed by atoms with Crippen LogP contribution in [0.5, 0.6) is 0 Å². The van der Waals surface area contributed by atoms with Crippen molar-refractivity contribution in [3.8, 4) is 0 Å². The molecule has 0 aromatic heterocycles. The lowest BCUT2D eigenvalue weighted by Gasteiger charge is -2.26. The zero-order valence-electron chi connectivity index (χ0n) is 11.4. The summed E-state index contributed by atoms with van der Waals surface area (Å²) in [5.41, 5.74) is 0.379. The number of benzene rings is 1. The Morgan fingerprint density at radius 2 is 1.80 bits per heavy atom. The molecule has 2 rings (SSSR count). The molecule has 6 nitrogen and oxygen atoms in total. The van der Waals surface area contributed by atoms with Gasteiger partial charge < -0.3 is 5.32 Å². The van der Waals surface area contributed by atoms with Gasteiger partial charge in [0.2, 0.25) is 10.0 Å². The Morgan fingerprint density at radius 1 is 1.15 bits per heavy atom. The van der Waals surface area contributed by atoms with Crippen LogP contribution in [0, 0.1) is 0 Å². The van der Waals surface area contributed by atoms with Gasteiger partial charge in [-0.25, -0.2) is 21.6 Å². The minimum Gasteiger partial charge on any atom is -0.387 e. The minimum absolute atomic E-state index is 0.00881. The highest BCUT2D eigenvalue weighted by Gasteiger charge is 2.27. The van der Waals surface area contributed by atoms with Crippen LogP contribution in [-0.2, 0) is 19.9 Å².